The fraction of sp³-hybridized carbons (Fsp3) is 0.417. The monoisotopic (exact) mass is 347 g/mol. The van der Waals surface area contributed by atoms with Crippen LogP contribution < -0.4 is 4.72 Å². The number of rotatable bonds is 4. The van der Waals surface area contributed by atoms with Crippen molar-refractivity contribution in [1.29, 1.82) is 0 Å². The molecule has 1 heterocycles. The third-order valence-electron chi connectivity index (χ3n) is 2.93. The number of esters is 1. The van der Waals surface area contributed by atoms with Crippen molar-refractivity contribution in [2.45, 2.75) is 30.7 Å². The molecule has 1 atom stereocenters. The number of cyclic esters (lactones) is 1. The highest BCUT2D eigenvalue weighted by atomic mass is 79.9. The van der Waals surface area contributed by atoms with Crippen molar-refractivity contribution in [3.8, 4) is 0 Å². The van der Waals surface area contributed by atoms with Crippen LogP contribution in [0.4, 0.5) is 0 Å². The second kappa shape index (κ2) is 5.60. The highest BCUT2D eigenvalue weighted by Crippen LogP contribution is 2.22. The molecular formula is C12H14BrNO4S. The van der Waals surface area contributed by atoms with Gasteiger partial charge < -0.3 is 4.74 Å². The SMILES string of the molecule is CCc1cc(Br)ccc1S(=O)(=O)NC1CCOC1=O. The highest BCUT2D eigenvalue weighted by Gasteiger charge is 2.31. The molecule has 1 saturated heterocycles. The van der Waals surface area contributed by atoms with Crippen LogP contribution in [0.3, 0.4) is 0 Å². The van der Waals surface area contributed by atoms with Gasteiger partial charge in [0.1, 0.15) is 6.04 Å². The van der Waals surface area contributed by atoms with Gasteiger partial charge in [-0.2, -0.15) is 4.72 Å². The molecule has 1 aliphatic rings. The van der Waals surface area contributed by atoms with Crippen molar-refractivity contribution >= 4 is 31.9 Å². The minimum atomic E-state index is -3.71. The molecular weight excluding hydrogens is 334 g/mol. The average molecular weight is 348 g/mol. The summed E-state index contributed by atoms with van der Waals surface area (Å²) in [6.07, 6.45) is 0.959. The zero-order valence-corrected chi connectivity index (χ0v) is 12.8. The molecule has 5 nitrogen and oxygen atoms in total. The summed E-state index contributed by atoms with van der Waals surface area (Å²) in [7, 11) is -3.71. The molecule has 2 rings (SSSR count). The zero-order chi connectivity index (χ0) is 14.0. The fourth-order valence-corrected chi connectivity index (χ4v) is 3.86. The summed E-state index contributed by atoms with van der Waals surface area (Å²) in [6, 6.07) is 4.19. The molecule has 1 aliphatic heterocycles. The van der Waals surface area contributed by atoms with Crippen molar-refractivity contribution in [1.82, 2.24) is 4.72 Å². The Morgan fingerprint density at radius 3 is 2.79 bits per heavy atom. The van der Waals surface area contributed by atoms with E-state index in [1.54, 1.807) is 12.1 Å². The molecule has 0 aliphatic carbocycles. The van der Waals surface area contributed by atoms with Crippen LogP contribution in [-0.2, 0) is 26.0 Å². The van der Waals surface area contributed by atoms with E-state index < -0.39 is 22.0 Å². The third-order valence-corrected chi connectivity index (χ3v) is 4.99. The number of benzene rings is 1. The number of carbonyl (C=O) groups is 1. The maximum Gasteiger partial charge on any atom is 0.324 e. The maximum absolute atomic E-state index is 12.3. The van der Waals surface area contributed by atoms with E-state index in [-0.39, 0.29) is 11.5 Å². The Bertz CT molecular complexity index is 600. The van der Waals surface area contributed by atoms with E-state index in [1.165, 1.54) is 6.07 Å². The lowest BCUT2D eigenvalue weighted by atomic mass is 10.2. The standard InChI is InChI=1S/C12H14BrNO4S/c1-2-8-7-9(13)3-4-11(8)19(16,17)14-10-5-6-18-12(10)15/h3-4,7,10,14H,2,5-6H2,1H3. The Morgan fingerprint density at radius 1 is 1.47 bits per heavy atom. The van der Waals surface area contributed by atoms with Crippen molar-refractivity contribution in [2.75, 3.05) is 6.61 Å². The molecule has 0 bridgehead atoms. The lowest BCUT2D eigenvalue weighted by Gasteiger charge is -2.13. The van der Waals surface area contributed by atoms with Gasteiger partial charge in [-0.15, -0.1) is 0 Å². The van der Waals surface area contributed by atoms with Gasteiger partial charge in [0.15, 0.2) is 0 Å². The second-order valence-electron chi connectivity index (χ2n) is 4.24. The van der Waals surface area contributed by atoms with Crippen LogP contribution in [0.1, 0.15) is 18.9 Å². The Balaban J connectivity index is 2.31. The van der Waals surface area contributed by atoms with Gasteiger partial charge in [-0.25, -0.2) is 8.42 Å². The minimum Gasteiger partial charge on any atom is -0.464 e. The molecule has 19 heavy (non-hydrogen) atoms. The lowest BCUT2D eigenvalue weighted by molar-refractivity contribution is -0.139. The number of hydrogen-bond donors (Lipinski definition) is 1. The largest absolute Gasteiger partial charge is 0.464 e. The first kappa shape index (κ1) is 14.5. The van der Waals surface area contributed by atoms with Crippen LogP contribution in [0.5, 0.6) is 0 Å². The van der Waals surface area contributed by atoms with Crippen molar-refractivity contribution in [3.05, 3.63) is 28.2 Å². The number of ether oxygens (including phenoxy) is 1. The van der Waals surface area contributed by atoms with Gasteiger partial charge in [0.25, 0.3) is 0 Å². The van der Waals surface area contributed by atoms with Gasteiger partial charge in [0.2, 0.25) is 10.0 Å². The van der Waals surface area contributed by atoms with Crippen LogP contribution >= 0.6 is 15.9 Å². The number of sulfonamides is 1. The van der Waals surface area contributed by atoms with Gasteiger partial charge in [-0.3, -0.25) is 4.79 Å². The van der Waals surface area contributed by atoms with E-state index in [0.717, 1.165) is 4.47 Å². The number of halogens is 1. The molecule has 0 amide bonds. The summed E-state index contributed by atoms with van der Waals surface area (Å²) in [6.45, 7) is 2.14. The molecule has 1 aromatic rings. The fourth-order valence-electron chi connectivity index (χ4n) is 1.94. The van der Waals surface area contributed by atoms with E-state index in [0.29, 0.717) is 18.4 Å². The smallest absolute Gasteiger partial charge is 0.324 e. The topological polar surface area (TPSA) is 72.5 Å². The molecule has 0 saturated carbocycles. The van der Waals surface area contributed by atoms with Crippen LogP contribution in [0.2, 0.25) is 0 Å². The zero-order valence-electron chi connectivity index (χ0n) is 10.3. The van der Waals surface area contributed by atoms with Crippen LogP contribution in [0.15, 0.2) is 27.6 Å². The van der Waals surface area contributed by atoms with Gasteiger partial charge in [0.05, 0.1) is 11.5 Å². The molecule has 0 aromatic heterocycles. The first-order valence-corrected chi connectivity index (χ1v) is 8.19. The summed E-state index contributed by atoms with van der Waals surface area (Å²) in [5.74, 6) is -0.515. The summed E-state index contributed by atoms with van der Waals surface area (Å²) in [5.41, 5.74) is 0.702. The summed E-state index contributed by atoms with van der Waals surface area (Å²) >= 11 is 3.31. The molecule has 0 spiro atoms. The summed E-state index contributed by atoms with van der Waals surface area (Å²) in [5, 5.41) is 0. The predicted octanol–water partition coefficient (Wildman–Crippen LogP) is 1.61. The molecule has 104 valence electrons. The normalized spacial score (nSPS) is 19.5. The van der Waals surface area contributed by atoms with Gasteiger partial charge in [-0.1, -0.05) is 22.9 Å². The number of hydrogen-bond acceptors (Lipinski definition) is 4. The van der Waals surface area contributed by atoms with Gasteiger partial charge >= 0.3 is 5.97 Å². The highest BCUT2D eigenvalue weighted by molar-refractivity contribution is 9.10. The first-order chi connectivity index (χ1) is 8.94. The van der Waals surface area contributed by atoms with Crippen LogP contribution in [0, 0.1) is 0 Å². The van der Waals surface area contributed by atoms with Crippen molar-refractivity contribution in [3.63, 3.8) is 0 Å². The van der Waals surface area contributed by atoms with E-state index in [1.807, 2.05) is 6.92 Å². The number of carbonyl (C=O) groups excluding carboxylic acids is 1. The van der Waals surface area contributed by atoms with E-state index >= 15 is 0 Å². The Hall–Kier alpha value is -0.920. The van der Waals surface area contributed by atoms with Gasteiger partial charge in [-0.05, 0) is 30.2 Å². The van der Waals surface area contributed by atoms with Crippen LogP contribution in [0.25, 0.3) is 0 Å². The third kappa shape index (κ3) is 3.16. The second-order valence-corrected chi connectivity index (χ2v) is 6.83. The quantitative estimate of drug-likeness (QED) is 0.839. The van der Waals surface area contributed by atoms with E-state index in [4.69, 9.17) is 4.74 Å². The minimum absolute atomic E-state index is 0.206. The lowest BCUT2D eigenvalue weighted by Crippen LogP contribution is -2.38. The summed E-state index contributed by atoms with van der Waals surface area (Å²) < 4.78 is 32.6. The molecule has 1 fully saturated rings. The summed E-state index contributed by atoms with van der Waals surface area (Å²) in [4.78, 5) is 11.5. The molecule has 1 aromatic carbocycles. The van der Waals surface area contributed by atoms with Crippen molar-refractivity contribution in [2.24, 2.45) is 0 Å². The van der Waals surface area contributed by atoms with Crippen LogP contribution in [-0.4, -0.2) is 27.0 Å². The Kier molecular flexibility index (Phi) is 4.27. The predicted molar refractivity (Wildman–Crippen MR) is 73.2 cm³/mol. The molecule has 7 heteroatoms. The first-order valence-electron chi connectivity index (χ1n) is 5.91. The van der Waals surface area contributed by atoms with E-state index in [2.05, 4.69) is 20.7 Å². The maximum atomic E-state index is 12.3. The number of nitrogens with one attached hydrogen (secondary N) is 1. The Morgan fingerprint density at radius 2 is 2.21 bits per heavy atom. The van der Waals surface area contributed by atoms with Gasteiger partial charge in [0, 0.05) is 10.9 Å². The molecule has 1 N–H and O–H groups in total. The Labute approximate surface area is 120 Å². The average Bonchev–Trinajstić information content (AvgIpc) is 2.74. The molecule has 1 unspecified atom stereocenters. The number of aryl methyl sites for hydroxylation is 1. The van der Waals surface area contributed by atoms with Crippen molar-refractivity contribution < 1.29 is 17.9 Å². The van der Waals surface area contributed by atoms with E-state index in [9.17, 15) is 13.2 Å². The molecule has 0 radical (unpaired) electrons.